The summed E-state index contributed by atoms with van der Waals surface area (Å²) in [5, 5.41) is 8.73. The van der Waals surface area contributed by atoms with Gasteiger partial charge in [-0.05, 0) is 42.3 Å². The maximum absolute atomic E-state index is 13.1. The number of rotatable bonds is 4. The minimum Gasteiger partial charge on any atom is -0.479 e. The molecular weight excluding hydrogens is 266 g/mol. The van der Waals surface area contributed by atoms with Crippen LogP contribution in [0.1, 0.15) is 6.92 Å². The molecule has 5 heteroatoms. The average Bonchev–Trinajstić information content (AvgIpc) is 2.42. The van der Waals surface area contributed by atoms with Crippen molar-refractivity contribution in [2.24, 2.45) is 0 Å². The summed E-state index contributed by atoms with van der Waals surface area (Å²) in [7, 11) is 0. The van der Waals surface area contributed by atoms with Gasteiger partial charge in [0.05, 0.1) is 0 Å². The molecule has 0 saturated heterocycles. The lowest BCUT2D eigenvalue weighted by Crippen LogP contribution is -2.22. The van der Waals surface area contributed by atoms with E-state index in [9.17, 15) is 13.6 Å². The molecule has 2 aromatic carbocycles. The Balaban J connectivity index is 2.19. The van der Waals surface area contributed by atoms with Crippen LogP contribution in [0, 0.1) is 11.6 Å². The molecule has 0 amide bonds. The van der Waals surface area contributed by atoms with Crippen LogP contribution < -0.4 is 4.74 Å². The number of aliphatic carboxylic acids is 1. The summed E-state index contributed by atoms with van der Waals surface area (Å²) < 4.78 is 31.2. The van der Waals surface area contributed by atoms with Crippen molar-refractivity contribution >= 4 is 5.97 Å². The topological polar surface area (TPSA) is 46.5 Å². The fraction of sp³-hybridized carbons (Fsp3) is 0.133. The highest BCUT2D eigenvalue weighted by Crippen LogP contribution is 2.24. The zero-order valence-electron chi connectivity index (χ0n) is 10.6. The Morgan fingerprint density at radius 1 is 1.05 bits per heavy atom. The molecule has 0 fully saturated rings. The normalized spacial score (nSPS) is 11.9. The Kier molecular flexibility index (Phi) is 3.98. The van der Waals surface area contributed by atoms with Crippen molar-refractivity contribution in [1.82, 2.24) is 0 Å². The van der Waals surface area contributed by atoms with Crippen molar-refractivity contribution in [1.29, 1.82) is 0 Å². The molecule has 0 aliphatic heterocycles. The van der Waals surface area contributed by atoms with Gasteiger partial charge in [0.1, 0.15) is 5.75 Å². The first kappa shape index (κ1) is 14.0. The van der Waals surface area contributed by atoms with Crippen LogP contribution in [0.3, 0.4) is 0 Å². The molecule has 104 valence electrons. The van der Waals surface area contributed by atoms with Crippen LogP contribution in [0.4, 0.5) is 8.78 Å². The van der Waals surface area contributed by atoms with Crippen LogP contribution in [0.25, 0.3) is 11.1 Å². The summed E-state index contributed by atoms with van der Waals surface area (Å²) >= 11 is 0. The summed E-state index contributed by atoms with van der Waals surface area (Å²) in [5.41, 5.74) is 1.21. The van der Waals surface area contributed by atoms with Crippen LogP contribution >= 0.6 is 0 Å². The third-order valence-electron chi connectivity index (χ3n) is 2.77. The molecule has 0 heterocycles. The van der Waals surface area contributed by atoms with Gasteiger partial charge in [-0.2, -0.15) is 0 Å². The van der Waals surface area contributed by atoms with Gasteiger partial charge < -0.3 is 9.84 Å². The Hall–Kier alpha value is -2.43. The Morgan fingerprint density at radius 3 is 2.20 bits per heavy atom. The largest absolute Gasteiger partial charge is 0.479 e. The molecule has 0 aromatic heterocycles. The van der Waals surface area contributed by atoms with Gasteiger partial charge in [-0.1, -0.05) is 18.2 Å². The zero-order valence-corrected chi connectivity index (χ0v) is 10.6. The lowest BCUT2D eigenvalue weighted by atomic mass is 10.1. The summed E-state index contributed by atoms with van der Waals surface area (Å²) in [6.07, 6.45) is -0.955. The van der Waals surface area contributed by atoms with Gasteiger partial charge in [0, 0.05) is 0 Å². The maximum Gasteiger partial charge on any atom is 0.344 e. The number of benzene rings is 2. The van der Waals surface area contributed by atoms with E-state index in [1.54, 1.807) is 24.3 Å². The van der Waals surface area contributed by atoms with Crippen LogP contribution in [0.5, 0.6) is 5.75 Å². The average molecular weight is 278 g/mol. The van der Waals surface area contributed by atoms with Crippen molar-refractivity contribution in [3.63, 3.8) is 0 Å². The molecular formula is C15H12F2O3. The molecule has 1 unspecified atom stereocenters. The first-order valence-corrected chi connectivity index (χ1v) is 5.92. The molecule has 20 heavy (non-hydrogen) atoms. The van der Waals surface area contributed by atoms with Crippen LogP contribution in [0.15, 0.2) is 42.5 Å². The van der Waals surface area contributed by atoms with Gasteiger partial charge >= 0.3 is 5.97 Å². The highest BCUT2D eigenvalue weighted by molar-refractivity contribution is 5.72. The van der Waals surface area contributed by atoms with E-state index in [0.717, 1.165) is 12.1 Å². The third kappa shape index (κ3) is 3.12. The standard InChI is InChI=1S/C15H12F2O3/c1-9(15(18)19)20-12-5-2-10(3-6-12)11-4-7-13(16)14(17)8-11/h2-9H,1H3,(H,18,19). The molecule has 3 nitrogen and oxygen atoms in total. The van der Waals surface area contributed by atoms with Crippen LogP contribution in [-0.4, -0.2) is 17.2 Å². The number of carboxylic acid groups (broad SMARTS) is 1. The molecule has 1 N–H and O–H groups in total. The second-order valence-electron chi connectivity index (χ2n) is 4.25. The lowest BCUT2D eigenvalue weighted by Gasteiger charge is -2.10. The Morgan fingerprint density at radius 2 is 1.65 bits per heavy atom. The van der Waals surface area contributed by atoms with Crippen molar-refractivity contribution in [2.45, 2.75) is 13.0 Å². The van der Waals surface area contributed by atoms with E-state index >= 15 is 0 Å². The minimum absolute atomic E-state index is 0.395. The van der Waals surface area contributed by atoms with E-state index in [1.807, 2.05) is 0 Å². The van der Waals surface area contributed by atoms with Crippen molar-refractivity contribution in [2.75, 3.05) is 0 Å². The molecule has 0 aliphatic carbocycles. The van der Waals surface area contributed by atoms with Gasteiger partial charge in [0.25, 0.3) is 0 Å². The number of ether oxygens (including phenoxy) is 1. The molecule has 0 saturated carbocycles. The van der Waals surface area contributed by atoms with E-state index in [0.29, 0.717) is 16.9 Å². The first-order chi connectivity index (χ1) is 9.47. The number of carbonyl (C=O) groups is 1. The molecule has 1 atom stereocenters. The second kappa shape index (κ2) is 5.69. The number of halogens is 2. The predicted molar refractivity (Wildman–Crippen MR) is 69.5 cm³/mol. The fourth-order valence-corrected chi connectivity index (χ4v) is 1.66. The Bertz CT molecular complexity index is 624. The summed E-state index contributed by atoms with van der Waals surface area (Å²) in [4.78, 5) is 10.7. The molecule has 0 aliphatic rings. The van der Waals surface area contributed by atoms with Gasteiger partial charge in [-0.3, -0.25) is 0 Å². The lowest BCUT2D eigenvalue weighted by molar-refractivity contribution is -0.144. The summed E-state index contributed by atoms with van der Waals surface area (Å²) in [6, 6.07) is 10.1. The maximum atomic E-state index is 13.1. The zero-order chi connectivity index (χ0) is 14.7. The first-order valence-electron chi connectivity index (χ1n) is 5.92. The van der Waals surface area contributed by atoms with Crippen molar-refractivity contribution in [3.8, 4) is 16.9 Å². The quantitative estimate of drug-likeness (QED) is 0.931. The number of hydrogen-bond acceptors (Lipinski definition) is 2. The van der Waals surface area contributed by atoms with Gasteiger partial charge in [-0.25, -0.2) is 13.6 Å². The van der Waals surface area contributed by atoms with E-state index in [4.69, 9.17) is 9.84 Å². The predicted octanol–water partition coefficient (Wildman–Crippen LogP) is 3.48. The van der Waals surface area contributed by atoms with Crippen molar-refractivity contribution < 1.29 is 23.4 Å². The van der Waals surface area contributed by atoms with Gasteiger partial charge in [-0.15, -0.1) is 0 Å². The highest BCUT2D eigenvalue weighted by atomic mass is 19.2. The third-order valence-corrected chi connectivity index (χ3v) is 2.77. The molecule has 0 spiro atoms. The van der Waals surface area contributed by atoms with Crippen LogP contribution in [0.2, 0.25) is 0 Å². The molecule has 2 rings (SSSR count). The van der Waals surface area contributed by atoms with E-state index < -0.39 is 23.7 Å². The van der Waals surface area contributed by atoms with Crippen molar-refractivity contribution in [3.05, 3.63) is 54.1 Å². The van der Waals surface area contributed by atoms with E-state index in [2.05, 4.69) is 0 Å². The summed E-state index contributed by atoms with van der Waals surface area (Å²) in [6.45, 7) is 1.42. The molecule has 0 radical (unpaired) electrons. The molecule has 0 bridgehead atoms. The Labute approximate surface area is 114 Å². The number of hydrogen-bond donors (Lipinski definition) is 1. The summed E-state index contributed by atoms with van der Waals surface area (Å²) in [5.74, 6) is -2.48. The monoisotopic (exact) mass is 278 g/mol. The van der Waals surface area contributed by atoms with Gasteiger partial charge in [0.15, 0.2) is 17.7 Å². The van der Waals surface area contributed by atoms with Crippen LogP contribution in [-0.2, 0) is 4.79 Å². The highest BCUT2D eigenvalue weighted by Gasteiger charge is 2.12. The van der Waals surface area contributed by atoms with Gasteiger partial charge in [0.2, 0.25) is 0 Å². The number of carboxylic acids is 1. The fourth-order valence-electron chi connectivity index (χ4n) is 1.66. The second-order valence-corrected chi connectivity index (χ2v) is 4.25. The SMILES string of the molecule is CC(Oc1ccc(-c2ccc(F)c(F)c2)cc1)C(=O)O. The van der Waals surface area contributed by atoms with E-state index in [1.165, 1.54) is 13.0 Å². The molecule has 2 aromatic rings. The smallest absolute Gasteiger partial charge is 0.344 e. The van der Waals surface area contributed by atoms with E-state index in [-0.39, 0.29) is 0 Å². The minimum atomic E-state index is -1.06.